The fourth-order valence-corrected chi connectivity index (χ4v) is 2.51. The first-order valence-corrected chi connectivity index (χ1v) is 7.03. The minimum atomic E-state index is -0.316. The van der Waals surface area contributed by atoms with Crippen LogP contribution in [0.25, 0.3) is 11.4 Å². The Bertz CT molecular complexity index is 598. The monoisotopic (exact) mass is 295 g/mol. The van der Waals surface area contributed by atoms with E-state index in [0.29, 0.717) is 17.5 Å². The number of halogens is 1. The van der Waals surface area contributed by atoms with Crippen molar-refractivity contribution in [1.82, 2.24) is 14.8 Å². The molecule has 20 heavy (non-hydrogen) atoms. The summed E-state index contributed by atoms with van der Waals surface area (Å²) in [5.74, 6) is 0.221. The van der Waals surface area contributed by atoms with Gasteiger partial charge in [0.1, 0.15) is 5.82 Å². The first kappa shape index (κ1) is 14.5. The maximum atomic E-state index is 12.9. The standard InChI is InChI=1S/C13H14FN3O2S/c1-3-17-12(9-4-6-10(14)7-5-9)15-16-13(17)20-8-11(18)19-2/h4-7H,3,8H2,1-2H3. The Morgan fingerprint density at radius 3 is 2.65 bits per heavy atom. The maximum absolute atomic E-state index is 12.9. The third-order valence-electron chi connectivity index (χ3n) is 2.68. The third kappa shape index (κ3) is 3.16. The Hall–Kier alpha value is -1.89. The molecule has 2 aromatic rings. The van der Waals surface area contributed by atoms with E-state index in [9.17, 15) is 9.18 Å². The molecule has 0 aliphatic heterocycles. The fraction of sp³-hybridized carbons (Fsp3) is 0.308. The van der Waals surface area contributed by atoms with Gasteiger partial charge in [-0.05, 0) is 31.2 Å². The van der Waals surface area contributed by atoms with Crippen LogP contribution in [-0.4, -0.2) is 33.6 Å². The van der Waals surface area contributed by atoms with Crippen molar-refractivity contribution in [2.45, 2.75) is 18.6 Å². The van der Waals surface area contributed by atoms with Crippen molar-refractivity contribution in [1.29, 1.82) is 0 Å². The van der Waals surface area contributed by atoms with Gasteiger partial charge in [0.2, 0.25) is 0 Å². The molecule has 0 bridgehead atoms. The van der Waals surface area contributed by atoms with E-state index in [-0.39, 0.29) is 17.5 Å². The van der Waals surface area contributed by atoms with Crippen LogP contribution in [0, 0.1) is 5.82 Å². The molecule has 0 amide bonds. The number of nitrogens with zero attached hydrogens (tertiary/aromatic N) is 3. The molecule has 1 heterocycles. The average molecular weight is 295 g/mol. The van der Waals surface area contributed by atoms with Crippen LogP contribution in [0.2, 0.25) is 0 Å². The van der Waals surface area contributed by atoms with Gasteiger partial charge in [0.25, 0.3) is 0 Å². The molecule has 0 aliphatic rings. The summed E-state index contributed by atoms with van der Waals surface area (Å²) in [6, 6.07) is 6.07. The largest absolute Gasteiger partial charge is 0.468 e. The Morgan fingerprint density at radius 2 is 2.05 bits per heavy atom. The van der Waals surface area contributed by atoms with Gasteiger partial charge in [-0.2, -0.15) is 0 Å². The number of benzene rings is 1. The van der Waals surface area contributed by atoms with E-state index >= 15 is 0 Å². The quantitative estimate of drug-likeness (QED) is 0.626. The normalized spacial score (nSPS) is 10.6. The first-order chi connectivity index (χ1) is 9.65. The molecule has 7 heteroatoms. The highest BCUT2D eigenvalue weighted by Crippen LogP contribution is 2.24. The maximum Gasteiger partial charge on any atom is 0.316 e. The van der Waals surface area contributed by atoms with Crippen molar-refractivity contribution in [3.63, 3.8) is 0 Å². The van der Waals surface area contributed by atoms with Crippen LogP contribution >= 0.6 is 11.8 Å². The van der Waals surface area contributed by atoms with Crippen LogP contribution in [0.1, 0.15) is 6.92 Å². The zero-order chi connectivity index (χ0) is 14.5. The van der Waals surface area contributed by atoms with Crippen molar-refractivity contribution in [2.24, 2.45) is 0 Å². The van der Waals surface area contributed by atoms with Crippen molar-refractivity contribution < 1.29 is 13.9 Å². The molecule has 0 aliphatic carbocycles. The number of ether oxygens (including phenoxy) is 1. The van der Waals surface area contributed by atoms with Crippen molar-refractivity contribution >= 4 is 17.7 Å². The summed E-state index contributed by atoms with van der Waals surface area (Å²) in [4.78, 5) is 11.2. The molecule has 0 radical (unpaired) electrons. The van der Waals surface area contributed by atoms with Crippen LogP contribution in [0.15, 0.2) is 29.4 Å². The molecule has 2 rings (SSSR count). The van der Waals surface area contributed by atoms with Gasteiger partial charge in [-0.1, -0.05) is 11.8 Å². The van der Waals surface area contributed by atoms with Crippen LogP contribution in [0.3, 0.4) is 0 Å². The number of hydrogen-bond acceptors (Lipinski definition) is 5. The number of hydrogen-bond donors (Lipinski definition) is 0. The van der Waals surface area contributed by atoms with Crippen LogP contribution in [0.5, 0.6) is 0 Å². The number of aromatic nitrogens is 3. The van der Waals surface area contributed by atoms with E-state index in [1.54, 1.807) is 12.1 Å². The second kappa shape index (κ2) is 6.51. The zero-order valence-electron chi connectivity index (χ0n) is 11.2. The van der Waals surface area contributed by atoms with Gasteiger partial charge < -0.3 is 9.30 Å². The Balaban J connectivity index is 2.25. The van der Waals surface area contributed by atoms with Crippen molar-refractivity contribution in [2.75, 3.05) is 12.9 Å². The number of methoxy groups -OCH3 is 1. The molecular formula is C13H14FN3O2S. The summed E-state index contributed by atoms with van der Waals surface area (Å²) in [6.07, 6.45) is 0. The van der Waals surface area contributed by atoms with Gasteiger partial charge >= 0.3 is 5.97 Å². The molecule has 0 spiro atoms. The predicted molar refractivity (Wildman–Crippen MR) is 73.8 cm³/mol. The average Bonchev–Trinajstić information content (AvgIpc) is 2.88. The Kier molecular flexibility index (Phi) is 4.73. The minimum Gasteiger partial charge on any atom is -0.468 e. The summed E-state index contributed by atoms with van der Waals surface area (Å²) in [5, 5.41) is 8.81. The second-order valence-electron chi connectivity index (χ2n) is 3.92. The smallest absolute Gasteiger partial charge is 0.316 e. The van der Waals surface area contributed by atoms with Gasteiger partial charge in [-0.15, -0.1) is 10.2 Å². The summed E-state index contributed by atoms with van der Waals surface area (Å²) >= 11 is 1.26. The summed E-state index contributed by atoms with van der Waals surface area (Å²) in [6.45, 7) is 2.61. The number of esters is 1. The molecule has 0 N–H and O–H groups in total. The predicted octanol–water partition coefficient (Wildman–Crippen LogP) is 2.37. The lowest BCUT2D eigenvalue weighted by Gasteiger charge is -2.06. The van der Waals surface area contributed by atoms with E-state index < -0.39 is 0 Å². The second-order valence-corrected chi connectivity index (χ2v) is 4.86. The molecule has 0 unspecified atom stereocenters. The molecule has 0 saturated carbocycles. The van der Waals surface area contributed by atoms with E-state index in [2.05, 4.69) is 14.9 Å². The molecule has 5 nitrogen and oxygen atoms in total. The lowest BCUT2D eigenvalue weighted by atomic mass is 10.2. The first-order valence-electron chi connectivity index (χ1n) is 6.04. The van der Waals surface area contributed by atoms with Crippen LogP contribution in [0.4, 0.5) is 4.39 Å². The Morgan fingerprint density at radius 1 is 1.35 bits per heavy atom. The lowest BCUT2D eigenvalue weighted by molar-refractivity contribution is -0.137. The van der Waals surface area contributed by atoms with Gasteiger partial charge in [-0.3, -0.25) is 4.79 Å². The molecule has 1 aromatic carbocycles. The number of rotatable bonds is 5. The SMILES string of the molecule is CCn1c(SCC(=O)OC)nnc1-c1ccc(F)cc1. The van der Waals surface area contributed by atoms with E-state index in [4.69, 9.17) is 0 Å². The van der Waals surface area contributed by atoms with Crippen LogP contribution < -0.4 is 0 Å². The van der Waals surface area contributed by atoms with Gasteiger partial charge in [0, 0.05) is 12.1 Å². The third-order valence-corrected chi connectivity index (χ3v) is 3.62. The molecule has 0 atom stereocenters. The minimum absolute atomic E-state index is 0.179. The molecular weight excluding hydrogens is 281 g/mol. The highest BCUT2D eigenvalue weighted by atomic mass is 32.2. The number of carbonyl (C=O) groups excluding carboxylic acids is 1. The Labute approximate surface area is 120 Å². The zero-order valence-corrected chi connectivity index (χ0v) is 12.0. The summed E-state index contributed by atoms with van der Waals surface area (Å²) in [5.41, 5.74) is 0.783. The topological polar surface area (TPSA) is 57.0 Å². The van der Waals surface area contributed by atoms with Gasteiger partial charge in [-0.25, -0.2) is 4.39 Å². The molecule has 0 saturated heterocycles. The van der Waals surface area contributed by atoms with Crippen molar-refractivity contribution in [3.05, 3.63) is 30.1 Å². The summed E-state index contributed by atoms with van der Waals surface area (Å²) in [7, 11) is 1.34. The fourth-order valence-electron chi connectivity index (χ4n) is 1.68. The highest BCUT2D eigenvalue weighted by molar-refractivity contribution is 7.99. The van der Waals surface area contributed by atoms with E-state index in [0.717, 1.165) is 5.56 Å². The van der Waals surface area contributed by atoms with Gasteiger partial charge in [0.15, 0.2) is 11.0 Å². The molecule has 106 valence electrons. The highest BCUT2D eigenvalue weighted by Gasteiger charge is 2.14. The van der Waals surface area contributed by atoms with E-state index in [1.807, 2.05) is 11.5 Å². The van der Waals surface area contributed by atoms with Crippen LogP contribution in [-0.2, 0) is 16.1 Å². The molecule has 1 aromatic heterocycles. The summed E-state index contributed by atoms with van der Waals surface area (Å²) < 4.78 is 19.4. The molecule has 0 fully saturated rings. The van der Waals surface area contributed by atoms with Gasteiger partial charge in [0.05, 0.1) is 12.9 Å². The van der Waals surface area contributed by atoms with E-state index in [1.165, 1.54) is 31.0 Å². The lowest BCUT2D eigenvalue weighted by Crippen LogP contribution is -2.05. The number of thioether (sulfide) groups is 1. The number of carbonyl (C=O) groups is 1. The van der Waals surface area contributed by atoms with Crippen molar-refractivity contribution in [3.8, 4) is 11.4 Å².